The molecule has 2 atom stereocenters. The van der Waals surface area contributed by atoms with Gasteiger partial charge in [-0.05, 0) is 30.6 Å². The van der Waals surface area contributed by atoms with Gasteiger partial charge in [0.1, 0.15) is 0 Å². The third-order valence-corrected chi connectivity index (χ3v) is 3.52. The number of hydrogen-bond donors (Lipinski definition) is 0. The first-order valence-corrected chi connectivity index (χ1v) is 7.60. The summed E-state index contributed by atoms with van der Waals surface area (Å²) >= 11 is 0. The number of hydrogen-bond acceptors (Lipinski definition) is 0. The van der Waals surface area contributed by atoms with Gasteiger partial charge in [0.15, 0.2) is 0 Å². The lowest BCUT2D eigenvalue weighted by molar-refractivity contribution is 0.306. The molecule has 0 nitrogen and oxygen atoms in total. The molecular weight excluding hydrogens is 192 g/mol. The molecule has 98 valence electrons. The molecule has 0 heteroatoms. The molecule has 16 heavy (non-hydrogen) atoms. The van der Waals surface area contributed by atoms with Crippen molar-refractivity contribution in [1.82, 2.24) is 0 Å². The highest BCUT2D eigenvalue weighted by atomic mass is 14.2. The van der Waals surface area contributed by atoms with E-state index in [2.05, 4.69) is 34.6 Å². The molecule has 0 aliphatic heterocycles. The topological polar surface area (TPSA) is 0 Å². The zero-order chi connectivity index (χ0) is 12.4. The predicted molar refractivity (Wildman–Crippen MR) is 75.8 cm³/mol. The molecule has 0 saturated carbocycles. The van der Waals surface area contributed by atoms with E-state index >= 15 is 0 Å². The summed E-state index contributed by atoms with van der Waals surface area (Å²) < 4.78 is 0. The highest BCUT2D eigenvalue weighted by molar-refractivity contribution is 4.65. The van der Waals surface area contributed by atoms with Crippen LogP contribution < -0.4 is 0 Å². The van der Waals surface area contributed by atoms with Gasteiger partial charge in [-0.2, -0.15) is 0 Å². The van der Waals surface area contributed by atoms with Crippen LogP contribution in [0.4, 0.5) is 0 Å². The maximum Gasteiger partial charge on any atom is -0.0412 e. The van der Waals surface area contributed by atoms with E-state index in [-0.39, 0.29) is 0 Å². The molecular formula is C16H34. The van der Waals surface area contributed by atoms with Crippen LogP contribution in [0.1, 0.15) is 86.0 Å². The molecule has 0 aliphatic rings. The summed E-state index contributed by atoms with van der Waals surface area (Å²) in [5, 5.41) is 0. The first-order valence-electron chi connectivity index (χ1n) is 7.60. The van der Waals surface area contributed by atoms with Crippen molar-refractivity contribution in [2.24, 2.45) is 17.8 Å². The SMILES string of the molecule is CCCCCC(CCC)CC(C)CC(C)C. The standard InChI is InChI=1S/C16H34/c1-6-8-9-11-16(10-7-2)13-15(5)12-14(3)4/h14-16H,6-13H2,1-5H3. The molecule has 0 aliphatic carbocycles. The van der Waals surface area contributed by atoms with E-state index in [1.54, 1.807) is 0 Å². The van der Waals surface area contributed by atoms with E-state index < -0.39 is 0 Å². The maximum atomic E-state index is 2.45. The second kappa shape index (κ2) is 10.2. The fraction of sp³-hybridized carbons (Fsp3) is 1.00. The van der Waals surface area contributed by atoms with Gasteiger partial charge in [0.2, 0.25) is 0 Å². The van der Waals surface area contributed by atoms with Crippen molar-refractivity contribution < 1.29 is 0 Å². The molecule has 0 heterocycles. The zero-order valence-electron chi connectivity index (χ0n) is 12.4. The third-order valence-electron chi connectivity index (χ3n) is 3.52. The van der Waals surface area contributed by atoms with E-state index in [9.17, 15) is 0 Å². The van der Waals surface area contributed by atoms with E-state index in [0.29, 0.717) is 0 Å². The Hall–Kier alpha value is 0. The van der Waals surface area contributed by atoms with E-state index in [1.165, 1.54) is 51.4 Å². The van der Waals surface area contributed by atoms with Crippen molar-refractivity contribution in [3.63, 3.8) is 0 Å². The number of rotatable bonds is 10. The summed E-state index contributed by atoms with van der Waals surface area (Å²) in [6.07, 6.45) is 11.4. The molecule has 0 rings (SSSR count). The van der Waals surface area contributed by atoms with Crippen molar-refractivity contribution in [1.29, 1.82) is 0 Å². The van der Waals surface area contributed by atoms with Crippen molar-refractivity contribution in [3.8, 4) is 0 Å². The average Bonchev–Trinajstić information content (AvgIpc) is 2.16. The van der Waals surface area contributed by atoms with Crippen LogP contribution in [0.5, 0.6) is 0 Å². The first-order chi connectivity index (χ1) is 7.60. The summed E-state index contributed by atoms with van der Waals surface area (Å²) in [6, 6.07) is 0. The summed E-state index contributed by atoms with van der Waals surface area (Å²) in [4.78, 5) is 0. The van der Waals surface area contributed by atoms with Crippen LogP contribution >= 0.6 is 0 Å². The lowest BCUT2D eigenvalue weighted by atomic mass is 9.84. The van der Waals surface area contributed by atoms with E-state index in [1.807, 2.05) is 0 Å². The molecule has 2 unspecified atom stereocenters. The fourth-order valence-electron chi connectivity index (χ4n) is 2.94. The minimum atomic E-state index is 0.868. The summed E-state index contributed by atoms with van der Waals surface area (Å²) in [5.41, 5.74) is 0. The quantitative estimate of drug-likeness (QED) is 0.397. The molecule has 0 N–H and O–H groups in total. The minimum Gasteiger partial charge on any atom is -0.0654 e. The highest BCUT2D eigenvalue weighted by Gasteiger charge is 2.13. The van der Waals surface area contributed by atoms with Crippen molar-refractivity contribution in [2.75, 3.05) is 0 Å². The Kier molecular flexibility index (Phi) is 10.2. The van der Waals surface area contributed by atoms with Crippen LogP contribution in [0.25, 0.3) is 0 Å². The van der Waals surface area contributed by atoms with Crippen LogP contribution in [-0.2, 0) is 0 Å². The van der Waals surface area contributed by atoms with Gasteiger partial charge < -0.3 is 0 Å². The van der Waals surface area contributed by atoms with E-state index in [4.69, 9.17) is 0 Å². The lowest BCUT2D eigenvalue weighted by Gasteiger charge is -2.21. The molecule has 0 bridgehead atoms. The molecule has 0 saturated heterocycles. The lowest BCUT2D eigenvalue weighted by Crippen LogP contribution is -2.09. The van der Waals surface area contributed by atoms with Crippen molar-refractivity contribution >= 4 is 0 Å². The molecule has 0 radical (unpaired) electrons. The van der Waals surface area contributed by atoms with Crippen molar-refractivity contribution in [2.45, 2.75) is 86.0 Å². The highest BCUT2D eigenvalue weighted by Crippen LogP contribution is 2.26. The Balaban J connectivity index is 3.81. The predicted octanol–water partition coefficient (Wildman–Crippen LogP) is 6.06. The monoisotopic (exact) mass is 226 g/mol. The normalized spacial score (nSPS) is 15.4. The van der Waals surface area contributed by atoms with Gasteiger partial charge in [0.25, 0.3) is 0 Å². The Morgan fingerprint density at radius 1 is 0.750 bits per heavy atom. The minimum absolute atomic E-state index is 0.868. The van der Waals surface area contributed by atoms with Gasteiger partial charge in [-0.15, -0.1) is 0 Å². The summed E-state index contributed by atoms with van der Waals surface area (Å²) in [5.74, 6) is 2.80. The molecule has 0 amide bonds. The third kappa shape index (κ3) is 9.24. The van der Waals surface area contributed by atoms with Gasteiger partial charge in [-0.1, -0.05) is 73.1 Å². The Labute approximate surface area is 104 Å². The zero-order valence-corrected chi connectivity index (χ0v) is 12.4. The van der Waals surface area contributed by atoms with Gasteiger partial charge in [-0.25, -0.2) is 0 Å². The van der Waals surface area contributed by atoms with Gasteiger partial charge in [0, 0.05) is 0 Å². The van der Waals surface area contributed by atoms with Crippen molar-refractivity contribution in [3.05, 3.63) is 0 Å². The molecule has 0 spiro atoms. The molecule has 0 aromatic rings. The van der Waals surface area contributed by atoms with Crippen LogP contribution in [0.15, 0.2) is 0 Å². The summed E-state index contributed by atoms with van der Waals surface area (Å²) in [6.45, 7) is 11.8. The Bertz CT molecular complexity index is 137. The first kappa shape index (κ1) is 16.0. The van der Waals surface area contributed by atoms with Gasteiger partial charge >= 0.3 is 0 Å². The number of unbranched alkanes of at least 4 members (excludes halogenated alkanes) is 2. The van der Waals surface area contributed by atoms with Crippen LogP contribution in [-0.4, -0.2) is 0 Å². The van der Waals surface area contributed by atoms with Gasteiger partial charge in [0.05, 0.1) is 0 Å². The van der Waals surface area contributed by atoms with Crippen LogP contribution in [0.3, 0.4) is 0 Å². The second-order valence-corrected chi connectivity index (χ2v) is 6.12. The van der Waals surface area contributed by atoms with E-state index in [0.717, 1.165) is 17.8 Å². The molecule has 0 aromatic heterocycles. The average molecular weight is 226 g/mol. The Morgan fingerprint density at radius 2 is 1.44 bits per heavy atom. The smallest absolute Gasteiger partial charge is 0.0412 e. The molecule has 0 fully saturated rings. The Morgan fingerprint density at radius 3 is 1.94 bits per heavy atom. The van der Waals surface area contributed by atoms with Crippen LogP contribution in [0, 0.1) is 17.8 Å². The van der Waals surface area contributed by atoms with Gasteiger partial charge in [-0.3, -0.25) is 0 Å². The van der Waals surface area contributed by atoms with Crippen LogP contribution in [0.2, 0.25) is 0 Å². The maximum absolute atomic E-state index is 2.45. The fourth-order valence-corrected chi connectivity index (χ4v) is 2.94. The summed E-state index contributed by atoms with van der Waals surface area (Å²) in [7, 11) is 0. The molecule has 0 aromatic carbocycles. The second-order valence-electron chi connectivity index (χ2n) is 6.12. The largest absolute Gasteiger partial charge is 0.0654 e.